The molecule has 0 spiro atoms. The van der Waals surface area contributed by atoms with Crippen LogP contribution < -0.4 is 9.47 Å². The van der Waals surface area contributed by atoms with Crippen LogP contribution in [0.1, 0.15) is 16.8 Å². The molecule has 1 fully saturated rings. The third-order valence-corrected chi connectivity index (χ3v) is 4.44. The van der Waals surface area contributed by atoms with Crippen molar-refractivity contribution < 1.29 is 14.3 Å². The van der Waals surface area contributed by atoms with Crippen molar-refractivity contribution in [1.29, 1.82) is 0 Å². The van der Waals surface area contributed by atoms with Crippen molar-refractivity contribution in [1.82, 2.24) is 4.90 Å². The number of carbonyl (C=O) groups is 1. The second kappa shape index (κ2) is 4.72. The molecule has 1 amide bonds. The summed E-state index contributed by atoms with van der Waals surface area (Å²) in [6.07, 6.45) is 3.18. The van der Waals surface area contributed by atoms with Gasteiger partial charge in [-0.2, -0.15) is 11.8 Å². The number of hydrogen-bond acceptors (Lipinski definition) is 4. The Kier molecular flexibility index (Phi) is 3.07. The number of hydrogen-bond donors (Lipinski definition) is 0. The molecule has 0 radical (unpaired) electrons. The number of ether oxygens (including phenoxy) is 2. The van der Waals surface area contributed by atoms with Crippen LogP contribution in [-0.4, -0.2) is 42.2 Å². The molecule has 0 unspecified atom stereocenters. The molecule has 0 aromatic heterocycles. The van der Waals surface area contributed by atoms with Crippen LogP contribution in [-0.2, 0) is 0 Å². The molecule has 2 aliphatic heterocycles. The van der Waals surface area contributed by atoms with Crippen LogP contribution in [0.5, 0.6) is 11.5 Å². The molecule has 2 heterocycles. The van der Waals surface area contributed by atoms with Crippen LogP contribution in [0.2, 0.25) is 0 Å². The Morgan fingerprint density at radius 1 is 1.39 bits per heavy atom. The van der Waals surface area contributed by atoms with Gasteiger partial charge in [-0.15, -0.1) is 0 Å². The van der Waals surface area contributed by atoms with E-state index in [1.807, 2.05) is 22.7 Å². The fourth-order valence-corrected chi connectivity index (χ4v) is 2.99. The van der Waals surface area contributed by atoms with Gasteiger partial charge >= 0.3 is 0 Å². The highest BCUT2D eigenvalue weighted by molar-refractivity contribution is 7.99. The monoisotopic (exact) mass is 265 g/mol. The van der Waals surface area contributed by atoms with Gasteiger partial charge in [-0.1, -0.05) is 0 Å². The summed E-state index contributed by atoms with van der Waals surface area (Å²) in [6, 6.07) is 5.39. The Labute approximate surface area is 110 Å². The zero-order valence-corrected chi connectivity index (χ0v) is 11.0. The summed E-state index contributed by atoms with van der Waals surface area (Å²) >= 11 is 1.83. The fourth-order valence-electron chi connectivity index (χ4n) is 2.32. The molecule has 3 rings (SSSR count). The van der Waals surface area contributed by atoms with Crippen LogP contribution in [0.15, 0.2) is 18.2 Å². The average Bonchev–Trinajstić information content (AvgIpc) is 3.05. The molecule has 1 saturated heterocycles. The highest BCUT2D eigenvalue weighted by atomic mass is 32.2. The van der Waals surface area contributed by atoms with Gasteiger partial charge in [-0.05, 0) is 30.9 Å². The van der Waals surface area contributed by atoms with Gasteiger partial charge in [0, 0.05) is 23.9 Å². The molecule has 1 atom stereocenters. The maximum absolute atomic E-state index is 12.3. The quantitative estimate of drug-likeness (QED) is 0.820. The third kappa shape index (κ3) is 2.03. The minimum absolute atomic E-state index is 0.0878. The molecule has 0 saturated carbocycles. The summed E-state index contributed by atoms with van der Waals surface area (Å²) in [5.74, 6) is 1.47. The summed E-state index contributed by atoms with van der Waals surface area (Å²) < 4.78 is 10.5. The van der Waals surface area contributed by atoms with Crippen molar-refractivity contribution in [2.75, 3.05) is 26.1 Å². The van der Waals surface area contributed by atoms with Gasteiger partial charge in [-0.25, -0.2) is 0 Å². The van der Waals surface area contributed by atoms with E-state index in [1.165, 1.54) is 0 Å². The van der Waals surface area contributed by atoms with Gasteiger partial charge in [0.25, 0.3) is 5.91 Å². The van der Waals surface area contributed by atoms with Crippen LogP contribution in [0, 0.1) is 0 Å². The fraction of sp³-hybridized carbons (Fsp3) is 0.462. The average molecular weight is 265 g/mol. The van der Waals surface area contributed by atoms with Crippen molar-refractivity contribution in [3.63, 3.8) is 0 Å². The molecule has 0 aliphatic carbocycles. The van der Waals surface area contributed by atoms with Crippen LogP contribution >= 0.6 is 11.8 Å². The van der Waals surface area contributed by atoms with E-state index < -0.39 is 0 Å². The first-order valence-electron chi connectivity index (χ1n) is 5.99. The van der Waals surface area contributed by atoms with Gasteiger partial charge in [-0.3, -0.25) is 4.79 Å². The predicted octanol–water partition coefficient (Wildman–Crippen LogP) is 1.99. The first-order chi connectivity index (χ1) is 8.78. The summed E-state index contributed by atoms with van der Waals surface area (Å²) in [5, 5.41) is 0.572. The zero-order chi connectivity index (χ0) is 12.5. The lowest BCUT2D eigenvalue weighted by molar-refractivity contribution is 0.0793. The lowest BCUT2D eigenvalue weighted by Gasteiger charge is -2.16. The molecule has 1 aromatic carbocycles. The van der Waals surface area contributed by atoms with Crippen molar-refractivity contribution in [3.05, 3.63) is 23.8 Å². The molecular weight excluding hydrogens is 250 g/mol. The molecule has 0 bridgehead atoms. The van der Waals surface area contributed by atoms with Crippen molar-refractivity contribution in [2.45, 2.75) is 11.7 Å². The van der Waals surface area contributed by atoms with E-state index >= 15 is 0 Å². The number of rotatable bonds is 2. The predicted molar refractivity (Wildman–Crippen MR) is 70.4 cm³/mol. The lowest BCUT2D eigenvalue weighted by atomic mass is 10.2. The largest absolute Gasteiger partial charge is 0.454 e. The van der Waals surface area contributed by atoms with Gasteiger partial charge < -0.3 is 14.4 Å². The number of benzene rings is 1. The van der Waals surface area contributed by atoms with Gasteiger partial charge in [0.1, 0.15) is 0 Å². The van der Waals surface area contributed by atoms with Crippen LogP contribution in [0.25, 0.3) is 0 Å². The van der Waals surface area contributed by atoms with E-state index in [0.717, 1.165) is 25.3 Å². The summed E-state index contributed by atoms with van der Waals surface area (Å²) in [4.78, 5) is 14.2. The van der Waals surface area contributed by atoms with Crippen LogP contribution in [0.3, 0.4) is 0 Å². The minimum atomic E-state index is 0.0878. The Balaban J connectivity index is 1.77. The normalized spacial score (nSPS) is 21.4. The topological polar surface area (TPSA) is 38.8 Å². The Hall–Kier alpha value is -1.36. The summed E-state index contributed by atoms with van der Waals surface area (Å²) in [6.45, 7) is 1.93. The van der Waals surface area contributed by atoms with Crippen molar-refractivity contribution in [2.24, 2.45) is 0 Å². The first-order valence-corrected chi connectivity index (χ1v) is 7.28. The molecule has 18 heavy (non-hydrogen) atoms. The Morgan fingerprint density at radius 2 is 2.22 bits per heavy atom. The number of carbonyl (C=O) groups excluding carboxylic acids is 1. The number of thioether (sulfide) groups is 1. The van der Waals surface area contributed by atoms with E-state index in [-0.39, 0.29) is 12.7 Å². The molecule has 0 N–H and O–H groups in total. The number of amides is 1. The van der Waals surface area contributed by atoms with E-state index in [0.29, 0.717) is 16.6 Å². The molecule has 2 aliphatic rings. The Bertz CT molecular complexity index is 477. The summed E-state index contributed by atoms with van der Waals surface area (Å²) in [7, 11) is 0. The summed E-state index contributed by atoms with van der Waals surface area (Å²) in [5.41, 5.74) is 0.681. The molecular formula is C13H15NO3S. The first kappa shape index (κ1) is 11.7. The molecule has 5 heteroatoms. The molecule has 1 aromatic rings. The zero-order valence-electron chi connectivity index (χ0n) is 10.2. The molecule has 96 valence electrons. The van der Waals surface area contributed by atoms with E-state index in [2.05, 4.69) is 6.26 Å². The minimum Gasteiger partial charge on any atom is -0.454 e. The third-order valence-electron chi connectivity index (χ3n) is 3.39. The maximum Gasteiger partial charge on any atom is 0.254 e. The van der Waals surface area contributed by atoms with Crippen LogP contribution in [0.4, 0.5) is 0 Å². The highest BCUT2D eigenvalue weighted by Crippen LogP contribution is 2.33. The SMILES string of the molecule is CS[C@H]1CCN(C(=O)c2ccc3c(c2)OCO3)C1. The number of nitrogens with zero attached hydrogens (tertiary/aromatic N) is 1. The number of likely N-dealkylation sites (tertiary alicyclic amines) is 1. The van der Waals surface area contributed by atoms with E-state index in [1.54, 1.807) is 12.1 Å². The maximum atomic E-state index is 12.3. The highest BCUT2D eigenvalue weighted by Gasteiger charge is 2.27. The van der Waals surface area contributed by atoms with Gasteiger partial charge in [0.15, 0.2) is 11.5 Å². The second-order valence-electron chi connectivity index (χ2n) is 4.47. The smallest absolute Gasteiger partial charge is 0.254 e. The van der Waals surface area contributed by atoms with Gasteiger partial charge in [0.2, 0.25) is 6.79 Å². The Morgan fingerprint density at radius 3 is 3.00 bits per heavy atom. The van der Waals surface area contributed by atoms with E-state index in [4.69, 9.17) is 9.47 Å². The van der Waals surface area contributed by atoms with E-state index in [9.17, 15) is 4.79 Å². The standard InChI is InChI=1S/C13H15NO3S/c1-18-10-4-5-14(7-10)13(15)9-2-3-11-12(6-9)17-8-16-11/h2-3,6,10H,4-5,7-8H2,1H3/t10-/m0/s1. The second-order valence-corrected chi connectivity index (χ2v) is 5.60. The number of fused-ring (bicyclic) bond motifs is 1. The van der Waals surface area contributed by atoms with Gasteiger partial charge in [0.05, 0.1) is 0 Å². The lowest BCUT2D eigenvalue weighted by Crippen LogP contribution is -2.29. The van der Waals surface area contributed by atoms with Crippen molar-refractivity contribution in [3.8, 4) is 11.5 Å². The van der Waals surface area contributed by atoms with Crippen molar-refractivity contribution >= 4 is 17.7 Å². The molecule has 4 nitrogen and oxygen atoms in total.